The number of ether oxygens (including phenoxy) is 1. The summed E-state index contributed by atoms with van der Waals surface area (Å²) < 4.78 is 5.30. The monoisotopic (exact) mass is 560 g/mol. The van der Waals surface area contributed by atoms with Gasteiger partial charge in [-0.15, -0.1) is 0 Å². The Labute approximate surface area is 233 Å². The number of primary amides is 1. The van der Waals surface area contributed by atoms with E-state index in [9.17, 15) is 24.3 Å². The Balaban J connectivity index is 2.53. The minimum atomic E-state index is -1.26. The standard InChI is InChI=1S/C28H37ClN4O6/c1-17-9-11-19(12-10-17)24(25(36)32-23-18(2)7-6-8-20(23)29)33(15-16-34)26(37)21(13-14-22(30)35)31-27(38)39-28(3,4)5/h6-12,21,24,34H,13-16H2,1-5H3,(H2,30,35)(H,31,38)(H,32,36). The third-order valence-electron chi connectivity index (χ3n) is 5.72. The van der Waals surface area contributed by atoms with Gasteiger partial charge in [-0.2, -0.15) is 0 Å². The summed E-state index contributed by atoms with van der Waals surface area (Å²) in [5.41, 5.74) is 6.97. The van der Waals surface area contributed by atoms with Crippen LogP contribution in [-0.2, 0) is 19.1 Å². The third kappa shape index (κ3) is 9.56. The highest BCUT2D eigenvalue weighted by molar-refractivity contribution is 6.34. The van der Waals surface area contributed by atoms with Gasteiger partial charge in [-0.25, -0.2) is 4.79 Å². The van der Waals surface area contributed by atoms with E-state index < -0.39 is 48.1 Å². The van der Waals surface area contributed by atoms with Crippen LogP contribution in [0.4, 0.5) is 10.5 Å². The van der Waals surface area contributed by atoms with E-state index in [1.165, 1.54) is 0 Å². The maximum atomic E-state index is 13.9. The van der Waals surface area contributed by atoms with Gasteiger partial charge in [0, 0.05) is 13.0 Å². The van der Waals surface area contributed by atoms with Gasteiger partial charge in [0.1, 0.15) is 17.7 Å². The van der Waals surface area contributed by atoms with E-state index in [0.29, 0.717) is 21.8 Å². The summed E-state index contributed by atoms with van der Waals surface area (Å²) in [4.78, 5) is 53.0. The molecule has 2 rings (SSSR count). The quantitative estimate of drug-likeness (QED) is 0.329. The van der Waals surface area contributed by atoms with Gasteiger partial charge in [-0.1, -0.05) is 53.6 Å². The van der Waals surface area contributed by atoms with Crippen LogP contribution in [0.3, 0.4) is 0 Å². The number of amides is 4. The van der Waals surface area contributed by atoms with Gasteiger partial charge in [0.15, 0.2) is 0 Å². The smallest absolute Gasteiger partial charge is 0.408 e. The zero-order chi connectivity index (χ0) is 29.3. The van der Waals surface area contributed by atoms with Gasteiger partial charge in [-0.05, 0) is 58.2 Å². The van der Waals surface area contributed by atoms with Crippen molar-refractivity contribution in [2.24, 2.45) is 5.73 Å². The molecule has 4 amide bonds. The van der Waals surface area contributed by atoms with Crippen LogP contribution in [0.1, 0.15) is 56.3 Å². The predicted octanol–water partition coefficient (Wildman–Crippen LogP) is 3.62. The molecule has 39 heavy (non-hydrogen) atoms. The number of aryl methyl sites for hydroxylation is 2. The molecule has 0 heterocycles. The zero-order valence-electron chi connectivity index (χ0n) is 22.9. The van der Waals surface area contributed by atoms with E-state index in [0.717, 1.165) is 10.5 Å². The molecule has 0 bridgehead atoms. The van der Waals surface area contributed by atoms with Crippen molar-refractivity contribution in [3.8, 4) is 0 Å². The molecule has 0 fully saturated rings. The molecular formula is C28H37ClN4O6. The average molecular weight is 561 g/mol. The van der Waals surface area contributed by atoms with Crippen LogP contribution < -0.4 is 16.4 Å². The fourth-order valence-corrected chi connectivity index (χ4v) is 4.14. The predicted molar refractivity (Wildman–Crippen MR) is 149 cm³/mol. The molecular weight excluding hydrogens is 524 g/mol. The molecule has 2 unspecified atom stereocenters. The van der Waals surface area contributed by atoms with Crippen LogP contribution in [0, 0.1) is 13.8 Å². The highest BCUT2D eigenvalue weighted by atomic mass is 35.5. The van der Waals surface area contributed by atoms with Crippen molar-refractivity contribution < 1.29 is 29.0 Å². The Kier molecular flexibility index (Phi) is 11.3. The number of anilines is 1. The van der Waals surface area contributed by atoms with Gasteiger partial charge >= 0.3 is 6.09 Å². The van der Waals surface area contributed by atoms with E-state index >= 15 is 0 Å². The van der Waals surface area contributed by atoms with E-state index in [4.69, 9.17) is 22.1 Å². The lowest BCUT2D eigenvalue weighted by molar-refractivity contribution is -0.141. The first-order chi connectivity index (χ1) is 18.2. The number of nitrogens with one attached hydrogen (secondary N) is 2. The van der Waals surface area contributed by atoms with Crippen LogP contribution in [0.2, 0.25) is 5.02 Å². The molecule has 10 nitrogen and oxygen atoms in total. The molecule has 212 valence electrons. The summed E-state index contributed by atoms with van der Waals surface area (Å²) in [6, 6.07) is 9.68. The molecule has 0 aliphatic rings. The summed E-state index contributed by atoms with van der Waals surface area (Å²) in [6.45, 7) is 7.95. The van der Waals surface area contributed by atoms with Crippen LogP contribution >= 0.6 is 11.6 Å². The van der Waals surface area contributed by atoms with Crippen molar-refractivity contribution in [2.75, 3.05) is 18.5 Å². The van der Waals surface area contributed by atoms with Crippen molar-refractivity contribution in [3.63, 3.8) is 0 Å². The first kappa shape index (κ1) is 31.6. The molecule has 0 aliphatic heterocycles. The van der Waals surface area contributed by atoms with Crippen LogP contribution in [0.5, 0.6) is 0 Å². The lowest BCUT2D eigenvalue weighted by Gasteiger charge is -2.34. The molecule has 2 aromatic carbocycles. The number of carbonyl (C=O) groups excluding carboxylic acids is 4. The Bertz CT molecular complexity index is 1160. The number of nitrogens with zero attached hydrogens (tertiary/aromatic N) is 1. The number of nitrogens with two attached hydrogens (primary N) is 1. The average Bonchev–Trinajstić information content (AvgIpc) is 2.83. The second-order valence-electron chi connectivity index (χ2n) is 10.2. The molecule has 0 saturated heterocycles. The van der Waals surface area contributed by atoms with Crippen molar-refractivity contribution in [3.05, 3.63) is 64.2 Å². The number of halogens is 1. The number of para-hydroxylation sites is 1. The summed E-state index contributed by atoms with van der Waals surface area (Å²) in [5.74, 6) is -1.95. The molecule has 0 aliphatic carbocycles. The topological polar surface area (TPSA) is 151 Å². The summed E-state index contributed by atoms with van der Waals surface area (Å²) in [5, 5.41) is 15.5. The van der Waals surface area contributed by atoms with E-state index in [1.807, 2.05) is 6.92 Å². The van der Waals surface area contributed by atoms with E-state index in [-0.39, 0.29) is 19.4 Å². The normalized spacial score (nSPS) is 12.7. The van der Waals surface area contributed by atoms with Crippen LogP contribution in [0.25, 0.3) is 0 Å². The third-order valence-corrected chi connectivity index (χ3v) is 6.03. The largest absolute Gasteiger partial charge is 0.444 e. The van der Waals surface area contributed by atoms with Gasteiger partial charge in [0.25, 0.3) is 5.91 Å². The molecule has 0 aromatic heterocycles. The Hall–Kier alpha value is -3.63. The Morgan fingerprint density at radius 3 is 2.26 bits per heavy atom. The molecule has 11 heteroatoms. The second kappa shape index (κ2) is 14.0. The first-order valence-electron chi connectivity index (χ1n) is 12.5. The number of carbonyl (C=O) groups is 4. The molecule has 5 N–H and O–H groups in total. The van der Waals surface area contributed by atoms with Crippen molar-refractivity contribution in [1.82, 2.24) is 10.2 Å². The maximum absolute atomic E-state index is 13.9. The number of benzene rings is 2. The van der Waals surface area contributed by atoms with E-state index in [1.54, 1.807) is 70.2 Å². The van der Waals surface area contributed by atoms with Crippen molar-refractivity contribution in [1.29, 1.82) is 0 Å². The second-order valence-corrected chi connectivity index (χ2v) is 10.6. The van der Waals surface area contributed by atoms with Crippen molar-refractivity contribution in [2.45, 2.75) is 65.1 Å². The Morgan fingerprint density at radius 2 is 1.72 bits per heavy atom. The van der Waals surface area contributed by atoms with Crippen LogP contribution in [0.15, 0.2) is 42.5 Å². The van der Waals surface area contributed by atoms with Gasteiger partial charge < -0.3 is 31.1 Å². The summed E-state index contributed by atoms with van der Waals surface area (Å²) >= 11 is 6.34. The number of rotatable bonds is 11. The summed E-state index contributed by atoms with van der Waals surface area (Å²) in [6.07, 6.45) is -1.22. The van der Waals surface area contributed by atoms with Gasteiger partial charge in [-0.3, -0.25) is 14.4 Å². The molecule has 2 atom stereocenters. The van der Waals surface area contributed by atoms with E-state index in [2.05, 4.69) is 10.6 Å². The molecule has 0 saturated carbocycles. The highest BCUT2D eigenvalue weighted by Crippen LogP contribution is 2.29. The number of hydrogen-bond donors (Lipinski definition) is 4. The molecule has 2 aromatic rings. The molecule has 0 radical (unpaired) electrons. The number of aliphatic hydroxyl groups is 1. The lowest BCUT2D eigenvalue weighted by Crippen LogP contribution is -2.53. The highest BCUT2D eigenvalue weighted by Gasteiger charge is 2.36. The molecule has 0 spiro atoms. The fraction of sp³-hybridized carbons (Fsp3) is 0.429. The minimum absolute atomic E-state index is 0.138. The minimum Gasteiger partial charge on any atom is -0.444 e. The zero-order valence-corrected chi connectivity index (χ0v) is 23.7. The van der Waals surface area contributed by atoms with Crippen molar-refractivity contribution >= 4 is 41.1 Å². The number of aliphatic hydroxyl groups excluding tert-OH is 1. The lowest BCUT2D eigenvalue weighted by atomic mass is 10.00. The van der Waals surface area contributed by atoms with Crippen LogP contribution in [-0.4, -0.2) is 58.6 Å². The summed E-state index contributed by atoms with van der Waals surface area (Å²) in [7, 11) is 0. The Morgan fingerprint density at radius 1 is 1.08 bits per heavy atom. The first-order valence-corrected chi connectivity index (χ1v) is 12.9. The SMILES string of the molecule is Cc1ccc(C(C(=O)Nc2c(C)cccc2Cl)N(CCO)C(=O)C(CCC(N)=O)NC(=O)OC(C)(C)C)cc1. The maximum Gasteiger partial charge on any atom is 0.408 e. The van der Waals surface area contributed by atoms with Gasteiger partial charge in [0.05, 0.1) is 17.3 Å². The number of alkyl carbamates (subject to hydrolysis) is 1. The van der Waals surface area contributed by atoms with Gasteiger partial charge in [0.2, 0.25) is 11.8 Å². The fourth-order valence-electron chi connectivity index (χ4n) is 3.87. The number of hydrogen-bond acceptors (Lipinski definition) is 6.